The van der Waals surface area contributed by atoms with Crippen molar-refractivity contribution in [3.8, 4) is 0 Å². The van der Waals surface area contributed by atoms with Gasteiger partial charge in [0.25, 0.3) is 5.56 Å². The van der Waals surface area contributed by atoms with Crippen LogP contribution in [0.5, 0.6) is 0 Å². The van der Waals surface area contributed by atoms with Gasteiger partial charge in [-0.1, -0.05) is 6.92 Å². The molecule has 2 aromatic heterocycles. The molecule has 3 rings (SSSR count). The Bertz CT molecular complexity index is 609. The topological polar surface area (TPSA) is 97.9 Å². The number of aromatic nitrogens is 4. The van der Waals surface area contributed by atoms with Gasteiger partial charge < -0.3 is 10.1 Å². The van der Waals surface area contributed by atoms with E-state index in [2.05, 4.69) is 25.1 Å². The molecule has 3 heterocycles. The fourth-order valence-electron chi connectivity index (χ4n) is 2.40. The van der Waals surface area contributed by atoms with E-state index < -0.39 is 0 Å². The zero-order valence-corrected chi connectivity index (χ0v) is 10.1. The van der Waals surface area contributed by atoms with Crippen LogP contribution in [0, 0.1) is 5.92 Å². The number of nitrogens with one attached hydrogen (secondary N) is 2. The van der Waals surface area contributed by atoms with Gasteiger partial charge >= 0.3 is 0 Å². The number of likely N-dealkylation sites (tertiary alicyclic amines) is 1. The van der Waals surface area contributed by atoms with E-state index in [1.54, 1.807) is 0 Å². The second-order valence-corrected chi connectivity index (χ2v) is 4.87. The summed E-state index contributed by atoms with van der Waals surface area (Å²) in [5.74, 6) is 0.274. The SMILES string of the molecule is C[C@@H]1CN(Cc2[nH]nc3c(=O)[nH]cnc23)C[C@H]1O. The third kappa shape index (κ3) is 1.81. The first kappa shape index (κ1) is 11.4. The highest BCUT2D eigenvalue weighted by molar-refractivity contribution is 5.75. The van der Waals surface area contributed by atoms with Crippen LogP contribution in [0.2, 0.25) is 0 Å². The summed E-state index contributed by atoms with van der Waals surface area (Å²) in [6, 6.07) is 0. The predicted molar refractivity (Wildman–Crippen MR) is 65.0 cm³/mol. The fourth-order valence-corrected chi connectivity index (χ4v) is 2.40. The number of aromatic amines is 2. The lowest BCUT2D eigenvalue weighted by Crippen LogP contribution is -2.21. The van der Waals surface area contributed by atoms with Gasteiger partial charge in [0.2, 0.25) is 0 Å². The normalized spacial score (nSPS) is 25.0. The molecule has 7 heteroatoms. The Balaban J connectivity index is 1.88. The average Bonchev–Trinajstić information content (AvgIpc) is 2.86. The molecule has 0 aliphatic carbocycles. The predicted octanol–water partition coefficient (Wildman–Crippen LogP) is -0.541. The molecule has 1 aliphatic rings. The molecule has 0 bridgehead atoms. The minimum absolute atomic E-state index is 0.239. The molecule has 7 nitrogen and oxygen atoms in total. The van der Waals surface area contributed by atoms with Crippen molar-refractivity contribution in [3.05, 3.63) is 22.4 Å². The molecule has 96 valence electrons. The molecule has 0 amide bonds. The van der Waals surface area contributed by atoms with E-state index in [-0.39, 0.29) is 17.6 Å². The molecule has 1 saturated heterocycles. The van der Waals surface area contributed by atoms with Gasteiger partial charge in [-0.3, -0.25) is 14.8 Å². The third-order valence-corrected chi connectivity index (χ3v) is 3.45. The first-order chi connectivity index (χ1) is 8.65. The number of nitrogens with zero attached hydrogens (tertiary/aromatic N) is 3. The number of H-pyrrole nitrogens is 2. The summed E-state index contributed by atoms with van der Waals surface area (Å²) in [6.45, 7) is 4.13. The maximum absolute atomic E-state index is 11.5. The van der Waals surface area contributed by atoms with Crippen LogP contribution in [0.25, 0.3) is 11.0 Å². The summed E-state index contributed by atoms with van der Waals surface area (Å²) in [5, 5.41) is 16.5. The van der Waals surface area contributed by atoms with Gasteiger partial charge in [0.15, 0.2) is 5.52 Å². The van der Waals surface area contributed by atoms with Crippen molar-refractivity contribution in [1.29, 1.82) is 0 Å². The maximum Gasteiger partial charge on any atom is 0.279 e. The van der Waals surface area contributed by atoms with Crippen molar-refractivity contribution in [3.63, 3.8) is 0 Å². The van der Waals surface area contributed by atoms with Crippen molar-refractivity contribution >= 4 is 11.0 Å². The minimum Gasteiger partial charge on any atom is -0.391 e. The monoisotopic (exact) mass is 249 g/mol. The molecule has 1 fully saturated rings. The van der Waals surface area contributed by atoms with Crippen LogP contribution in [-0.4, -0.2) is 49.4 Å². The van der Waals surface area contributed by atoms with Crippen molar-refractivity contribution < 1.29 is 5.11 Å². The number of rotatable bonds is 2. The molecule has 2 atom stereocenters. The van der Waals surface area contributed by atoms with Crippen LogP contribution in [0.15, 0.2) is 11.1 Å². The zero-order valence-electron chi connectivity index (χ0n) is 10.1. The van der Waals surface area contributed by atoms with Gasteiger partial charge in [0.1, 0.15) is 5.52 Å². The molecule has 1 aliphatic heterocycles. The van der Waals surface area contributed by atoms with Crippen molar-refractivity contribution in [2.45, 2.75) is 19.6 Å². The van der Waals surface area contributed by atoms with Crippen LogP contribution in [0.1, 0.15) is 12.6 Å². The van der Waals surface area contributed by atoms with E-state index >= 15 is 0 Å². The van der Waals surface area contributed by atoms with Crippen LogP contribution < -0.4 is 5.56 Å². The summed E-state index contributed by atoms with van der Waals surface area (Å²) >= 11 is 0. The highest BCUT2D eigenvalue weighted by atomic mass is 16.3. The van der Waals surface area contributed by atoms with Crippen LogP contribution >= 0.6 is 0 Å². The third-order valence-electron chi connectivity index (χ3n) is 3.45. The first-order valence-corrected chi connectivity index (χ1v) is 5.96. The lowest BCUT2D eigenvalue weighted by molar-refractivity contribution is 0.147. The van der Waals surface area contributed by atoms with E-state index in [0.29, 0.717) is 24.1 Å². The Morgan fingerprint density at radius 2 is 2.33 bits per heavy atom. The van der Waals surface area contributed by atoms with Crippen molar-refractivity contribution in [2.75, 3.05) is 13.1 Å². The first-order valence-electron chi connectivity index (χ1n) is 5.96. The molecule has 0 saturated carbocycles. The molecule has 3 N–H and O–H groups in total. The number of fused-ring (bicyclic) bond motifs is 1. The second-order valence-electron chi connectivity index (χ2n) is 4.87. The maximum atomic E-state index is 11.5. The molecule has 0 unspecified atom stereocenters. The van der Waals surface area contributed by atoms with Crippen molar-refractivity contribution in [1.82, 2.24) is 25.1 Å². The zero-order chi connectivity index (χ0) is 12.7. The van der Waals surface area contributed by atoms with E-state index in [4.69, 9.17) is 0 Å². The Morgan fingerprint density at radius 3 is 3.06 bits per heavy atom. The number of aliphatic hydroxyl groups excluding tert-OH is 1. The van der Waals surface area contributed by atoms with Gasteiger partial charge in [-0.05, 0) is 5.92 Å². The second kappa shape index (κ2) is 4.18. The Kier molecular flexibility index (Phi) is 2.64. The Labute approximate surface area is 103 Å². The highest BCUT2D eigenvalue weighted by Crippen LogP contribution is 2.19. The smallest absolute Gasteiger partial charge is 0.279 e. The molecular weight excluding hydrogens is 234 g/mol. The molecule has 18 heavy (non-hydrogen) atoms. The molecule has 0 radical (unpaired) electrons. The van der Waals surface area contributed by atoms with E-state index in [1.165, 1.54) is 6.33 Å². The number of aliphatic hydroxyl groups is 1. The minimum atomic E-state index is -0.282. The average molecular weight is 249 g/mol. The summed E-state index contributed by atoms with van der Waals surface area (Å²) in [4.78, 5) is 20.3. The lowest BCUT2D eigenvalue weighted by Gasteiger charge is -2.13. The number of β-amino-alcohol motifs (C(OH)–C–C–N with tert-alkyl or cyclic N) is 1. The van der Waals surface area contributed by atoms with Gasteiger partial charge in [0, 0.05) is 19.6 Å². The largest absolute Gasteiger partial charge is 0.391 e. The quantitative estimate of drug-likeness (QED) is 0.664. The fraction of sp³-hybridized carbons (Fsp3) is 0.545. The Hall–Kier alpha value is -1.73. The van der Waals surface area contributed by atoms with E-state index in [9.17, 15) is 9.90 Å². The van der Waals surface area contributed by atoms with Crippen LogP contribution in [0.3, 0.4) is 0 Å². The van der Waals surface area contributed by atoms with E-state index in [0.717, 1.165) is 12.2 Å². The van der Waals surface area contributed by atoms with Crippen LogP contribution in [-0.2, 0) is 6.54 Å². The summed E-state index contributed by atoms with van der Waals surface area (Å²) in [5.41, 5.74) is 1.52. The highest BCUT2D eigenvalue weighted by Gasteiger charge is 2.28. The summed E-state index contributed by atoms with van der Waals surface area (Å²) in [6.07, 6.45) is 1.10. The summed E-state index contributed by atoms with van der Waals surface area (Å²) in [7, 11) is 0. The van der Waals surface area contributed by atoms with Gasteiger partial charge in [-0.25, -0.2) is 4.98 Å². The molecule has 2 aromatic rings. The van der Waals surface area contributed by atoms with E-state index in [1.807, 2.05) is 6.92 Å². The van der Waals surface area contributed by atoms with Gasteiger partial charge in [0.05, 0.1) is 18.1 Å². The Morgan fingerprint density at radius 1 is 1.50 bits per heavy atom. The molecular formula is C11H15N5O2. The van der Waals surface area contributed by atoms with Crippen molar-refractivity contribution in [2.24, 2.45) is 5.92 Å². The summed E-state index contributed by atoms with van der Waals surface area (Å²) < 4.78 is 0. The number of hydrogen-bond donors (Lipinski definition) is 3. The van der Waals surface area contributed by atoms with Gasteiger partial charge in [-0.2, -0.15) is 5.10 Å². The lowest BCUT2D eigenvalue weighted by atomic mass is 10.1. The number of hydrogen-bond acceptors (Lipinski definition) is 5. The van der Waals surface area contributed by atoms with Gasteiger partial charge in [-0.15, -0.1) is 0 Å². The van der Waals surface area contributed by atoms with Crippen LogP contribution in [0.4, 0.5) is 0 Å². The molecule has 0 aromatic carbocycles. The standard InChI is InChI=1S/C11H15N5O2/c1-6-2-16(4-8(6)17)3-7-9-10(15-14-7)11(18)13-5-12-9/h5-6,8,17H,2-4H2,1H3,(H,14,15)(H,12,13,18)/t6-,8-/m1/s1. The molecule has 0 spiro atoms.